The van der Waals surface area contributed by atoms with Crippen molar-refractivity contribution in [2.75, 3.05) is 13.1 Å². The average molecular weight is 252 g/mol. The summed E-state index contributed by atoms with van der Waals surface area (Å²) in [6.45, 7) is 9.53. The lowest BCUT2D eigenvalue weighted by Crippen LogP contribution is -2.64. The lowest BCUT2D eigenvalue weighted by atomic mass is 9.89. The van der Waals surface area contributed by atoms with E-state index in [0.717, 1.165) is 6.04 Å². The summed E-state index contributed by atoms with van der Waals surface area (Å²) in [5, 5.41) is 3.75. The molecule has 1 heterocycles. The molecule has 0 bridgehead atoms. The summed E-state index contributed by atoms with van der Waals surface area (Å²) in [6, 6.07) is 1.57. The molecule has 2 rings (SSSR count). The third-order valence-electron chi connectivity index (χ3n) is 5.25. The van der Waals surface area contributed by atoms with Crippen LogP contribution in [0, 0.1) is 0 Å². The Morgan fingerprint density at radius 3 is 2.33 bits per heavy atom. The van der Waals surface area contributed by atoms with Crippen molar-refractivity contribution in [1.29, 1.82) is 0 Å². The fourth-order valence-electron chi connectivity index (χ4n) is 3.62. The predicted octanol–water partition coefficient (Wildman–Crippen LogP) is 3.56. The van der Waals surface area contributed by atoms with Crippen LogP contribution in [0.1, 0.15) is 72.1 Å². The van der Waals surface area contributed by atoms with Crippen LogP contribution >= 0.6 is 0 Å². The highest BCUT2D eigenvalue weighted by Gasteiger charge is 2.35. The van der Waals surface area contributed by atoms with Crippen LogP contribution in [0.2, 0.25) is 0 Å². The Balaban J connectivity index is 1.99. The number of nitrogens with one attached hydrogen (secondary N) is 1. The van der Waals surface area contributed by atoms with E-state index in [1.807, 2.05) is 0 Å². The molecule has 2 unspecified atom stereocenters. The van der Waals surface area contributed by atoms with Gasteiger partial charge >= 0.3 is 0 Å². The SMILES string of the molecule is CCC1(C)CN(C2CCCCCCC2)C(C)CN1. The fraction of sp³-hybridized carbons (Fsp3) is 1.00. The van der Waals surface area contributed by atoms with Crippen LogP contribution in [0.15, 0.2) is 0 Å². The lowest BCUT2D eigenvalue weighted by molar-refractivity contribution is 0.0427. The van der Waals surface area contributed by atoms with E-state index in [4.69, 9.17) is 0 Å². The maximum atomic E-state index is 3.75. The van der Waals surface area contributed by atoms with Crippen molar-refractivity contribution >= 4 is 0 Å². The molecule has 2 fully saturated rings. The van der Waals surface area contributed by atoms with E-state index >= 15 is 0 Å². The van der Waals surface area contributed by atoms with Crippen LogP contribution in [0.25, 0.3) is 0 Å². The molecule has 1 aliphatic heterocycles. The zero-order chi connectivity index (χ0) is 13.0. The summed E-state index contributed by atoms with van der Waals surface area (Å²) >= 11 is 0. The van der Waals surface area contributed by atoms with Gasteiger partial charge in [0.2, 0.25) is 0 Å². The van der Waals surface area contributed by atoms with Gasteiger partial charge in [0, 0.05) is 30.7 Å². The van der Waals surface area contributed by atoms with Gasteiger partial charge in [-0.1, -0.05) is 39.0 Å². The number of rotatable bonds is 2. The summed E-state index contributed by atoms with van der Waals surface area (Å²) in [5.74, 6) is 0. The summed E-state index contributed by atoms with van der Waals surface area (Å²) < 4.78 is 0. The molecule has 0 spiro atoms. The van der Waals surface area contributed by atoms with E-state index in [0.29, 0.717) is 11.6 Å². The molecular weight excluding hydrogens is 220 g/mol. The summed E-state index contributed by atoms with van der Waals surface area (Å²) in [4.78, 5) is 2.82. The minimum atomic E-state index is 0.342. The lowest BCUT2D eigenvalue weighted by Gasteiger charge is -2.48. The van der Waals surface area contributed by atoms with Crippen LogP contribution in [-0.4, -0.2) is 35.6 Å². The summed E-state index contributed by atoms with van der Waals surface area (Å²) in [6.07, 6.45) is 11.4. The molecule has 2 aliphatic rings. The second-order valence-corrected chi connectivity index (χ2v) is 6.82. The standard InChI is InChI=1S/C16H32N2/c1-4-16(3)13-18(14(2)12-17-16)15-10-8-6-5-7-9-11-15/h14-15,17H,4-13H2,1-3H3. The smallest absolute Gasteiger partial charge is 0.0278 e. The first-order valence-corrected chi connectivity index (χ1v) is 8.15. The topological polar surface area (TPSA) is 15.3 Å². The van der Waals surface area contributed by atoms with Crippen molar-refractivity contribution in [3.8, 4) is 0 Å². The fourth-order valence-corrected chi connectivity index (χ4v) is 3.62. The van der Waals surface area contributed by atoms with E-state index in [2.05, 4.69) is 31.0 Å². The highest BCUT2D eigenvalue weighted by molar-refractivity contribution is 4.95. The normalized spacial score (nSPS) is 37.2. The highest BCUT2D eigenvalue weighted by Crippen LogP contribution is 2.27. The molecule has 0 radical (unpaired) electrons. The van der Waals surface area contributed by atoms with Gasteiger partial charge in [0.25, 0.3) is 0 Å². The van der Waals surface area contributed by atoms with Gasteiger partial charge in [-0.2, -0.15) is 0 Å². The number of nitrogens with zero attached hydrogens (tertiary/aromatic N) is 1. The molecule has 106 valence electrons. The van der Waals surface area contributed by atoms with E-state index in [-0.39, 0.29) is 0 Å². The molecule has 18 heavy (non-hydrogen) atoms. The van der Waals surface area contributed by atoms with Crippen molar-refractivity contribution in [2.45, 2.75) is 89.8 Å². The molecule has 2 nitrogen and oxygen atoms in total. The minimum absolute atomic E-state index is 0.342. The molecule has 0 aromatic heterocycles. The van der Waals surface area contributed by atoms with E-state index < -0.39 is 0 Å². The molecule has 2 heteroatoms. The van der Waals surface area contributed by atoms with Gasteiger partial charge in [0.05, 0.1) is 0 Å². The number of hydrogen-bond donors (Lipinski definition) is 1. The van der Waals surface area contributed by atoms with Gasteiger partial charge in [0.1, 0.15) is 0 Å². The molecule has 1 aliphatic carbocycles. The van der Waals surface area contributed by atoms with Crippen molar-refractivity contribution in [1.82, 2.24) is 10.2 Å². The van der Waals surface area contributed by atoms with Gasteiger partial charge in [0.15, 0.2) is 0 Å². The molecule has 1 saturated heterocycles. The van der Waals surface area contributed by atoms with E-state index in [1.165, 1.54) is 64.5 Å². The maximum absolute atomic E-state index is 3.75. The van der Waals surface area contributed by atoms with Crippen LogP contribution in [0.3, 0.4) is 0 Å². The van der Waals surface area contributed by atoms with Crippen molar-refractivity contribution in [2.24, 2.45) is 0 Å². The van der Waals surface area contributed by atoms with Crippen molar-refractivity contribution < 1.29 is 0 Å². The van der Waals surface area contributed by atoms with E-state index in [9.17, 15) is 0 Å². The van der Waals surface area contributed by atoms with Crippen LogP contribution in [0.5, 0.6) is 0 Å². The summed E-state index contributed by atoms with van der Waals surface area (Å²) in [7, 11) is 0. The Morgan fingerprint density at radius 1 is 1.11 bits per heavy atom. The molecular formula is C16H32N2. The highest BCUT2D eigenvalue weighted by atomic mass is 15.3. The Labute approximate surface area is 114 Å². The Bertz CT molecular complexity index is 245. The monoisotopic (exact) mass is 252 g/mol. The summed E-state index contributed by atoms with van der Waals surface area (Å²) in [5.41, 5.74) is 0.342. The third kappa shape index (κ3) is 3.48. The Kier molecular flexibility index (Phi) is 5.08. The maximum Gasteiger partial charge on any atom is 0.0278 e. The van der Waals surface area contributed by atoms with Gasteiger partial charge in [-0.05, 0) is 33.1 Å². The van der Waals surface area contributed by atoms with Gasteiger partial charge in [-0.15, -0.1) is 0 Å². The molecule has 2 atom stereocenters. The molecule has 0 aromatic rings. The zero-order valence-corrected chi connectivity index (χ0v) is 12.7. The van der Waals surface area contributed by atoms with Crippen LogP contribution < -0.4 is 5.32 Å². The quantitative estimate of drug-likeness (QED) is 0.808. The van der Waals surface area contributed by atoms with Gasteiger partial charge in [-0.25, -0.2) is 0 Å². The van der Waals surface area contributed by atoms with Crippen LogP contribution in [0.4, 0.5) is 0 Å². The second kappa shape index (κ2) is 6.38. The second-order valence-electron chi connectivity index (χ2n) is 6.82. The average Bonchev–Trinajstić information content (AvgIpc) is 2.33. The molecule has 1 saturated carbocycles. The third-order valence-corrected chi connectivity index (χ3v) is 5.25. The Hall–Kier alpha value is -0.0800. The number of hydrogen-bond acceptors (Lipinski definition) is 2. The number of piperazine rings is 1. The predicted molar refractivity (Wildman–Crippen MR) is 79.0 cm³/mol. The molecule has 0 amide bonds. The van der Waals surface area contributed by atoms with Gasteiger partial charge in [-0.3, -0.25) is 4.90 Å². The first kappa shape index (κ1) is 14.3. The molecule has 1 N–H and O–H groups in total. The van der Waals surface area contributed by atoms with E-state index in [1.54, 1.807) is 0 Å². The van der Waals surface area contributed by atoms with Crippen molar-refractivity contribution in [3.63, 3.8) is 0 Å². The van der Waals surface area contributed by atoms with Crippen LogP contribution in [-0.2, 0) is 0 Å². The van der Waals surface area contributed by atoms with Crippen molar-refractivity contribution in [3.05, 3.63) is 0 Å². The zero-order valence-electron chi connectivity index (χ0n) is 12.7. The molecule has 0 aromatic carbocycles. The van der Waals surface area contributed by atoms with Gasteiger partial charge < -0.3 is 5.32 Å². The first-order valence-electron chi connectivity index (χ1n) is 8.15. The first-order chi connectivity index (χ1) is 8.64. The minimum Gasteiger partial charge on any atom is -0.309 e. The Morgan fingerprint density at radius 2 is 1.72 bits per heavy atom. The largest absolute Gasteiger partial charge is 0.309 e.